The Morgan fingerprint density at radius 1 is 0.952 bits per heavy atom. The second-order valence-electron chi connectivity index (χ2n) is 6.37. The normalized spacial score (nSPS) is 24.6. The summed E-state index contributed by atoms with van der Waals surface area (Å²) >= 11 is 0. The Morgan fingerprint density at radius 2 is 1.67 bits per heavy atom. The minimum absolute atomic E-state index is 0.123. The smallest absolute Gasteiger partial charge is 0.211 e. The molecule has 0 amide bonds. The first-order valence-electron chi connectivity index (χ1n) is 7.37. The first-order valence-corrected chi connectivity index (χ1v) is 7.37. The van der Waals surface area contributed by atoms with E-state index in [2.05, 4.69) is 68.3 Å². The van der Waals surface area contributed by atoms with Gasteiger partial charge in [0.05, 0.1) is 5.41 Å². The number of anilines is 1. The molecule has 1 atom stereocenters. The third-order valence-electron chi connectivity index (χ3n) is 5.01. The number of rotatable bonds is 0. The second-order valence-corrected chi connectivity index (χ2v) is 6.37. The Kier molecular flexibility index (Phi) is 2.33. The van der Waals surface area contributed by atoms with E-state index in [0.717, 1.165) is 11.3 Å². The van der Waals surface area contributed by atoms with Gasteiger partial charge in [-0.25, -0.2) is 0 Å². The summed E-state index contributed by atoms with van der Waals surface area (Å²) in [5.74, 6) is 0.952. The Labute approximate surface area is 125 Å². The highest BCUT2D eigenvalue weighted by atomic mass is 16.5. The molecule has 0 aliphatic carbocycles. The summed E-state index contributed by atoms with van der Waals surface area (Å²) < 4.78 is 6.53. The molecule has 0 saturated carbocycles. The van der Waals surface area contributed by atoms with Crippen LogP contribution >= 0.6 is 0 Å². The van der Waals surface area contributed by atoms with Crippen molar-refractivity contribution < 1.29 is 4.74 Å². The number of ether oxygens (including phenoxy) is 1. The fraction of sp³-hybridized carbons (Fsp3) is 0.263. The monoisotopic (exact) mass is 277 g/mol. The number of likely N-dealkylation sites (N-methyl/N-ethyl adjacent to an activating group) is 1. The van der Waals surface area contributed by atoms with Gasteiger partial charge in [0.2, 0.25) is 5.72 Å². The molecule has 2 heterocycles. The number of hydrogen-bond donors (Lipinski definition) is 0. The van der Waals surface area contributed by atoms with Gasteiger partial charge in [-0.05, 0) is 43.7 Å². The number of para-hydroxylation sites is 2. The van der Waals surface area contributed by atoms with Gasteiger partial charge in [-0.1, -0.05) is 36.4 Å². The molecule has 2 aromatic rings. The molecule has 0 radical (unpaired) electrons. The maximum atomic E-state index is 6.53. The number of fused-ring (bicyclic) bond motifs is 2. The third-order valence-corrected chi connectivity index (χ3v) is 5.01. The Balaban J connectivity index is 1.92. The zero-order chi connectivity index (χ0) is 14.7. The van der Waals surface area contributed by atoms with Crippen molar-refractivity contribution in [2.24, 2.45) is 0 Å². The van der Waals surface area contributed by atoms with Crippen LogP contribution in [0.3, 0.4) is 0 Å². The van der Waals surface area contributed by atoms with E-state index in [1.807, 2.05) is 18.2 Å². The summed E-state index contributed by atoms with van der Waals surface area (Å²) in [7, 11) is 2.12. The van der Waals surface area contributed by atoms with Gasteiger partial charge < -0.3 is 9.64 Å². The fourth-order valence-electron chi connectivity index (χ4n) is 3.72. The highest BCUT2D eigenvalue weighted by Gasteiger charge is 2.57. The largest absolute Gasteiger partial charge is 0.463 e. The quantitative estimate of drug-likeness (QED) is 0.715. The van der Waals surface area contributed by atoms with Gasteiger partial charge in [-0.2, -0.15) is 0 Å². The maximum Gasteiger partial charge on any atom is 0.211 e. The fourth-order valence-corrected chi connectivity index (χ4v) is 3.72. The van der Waals surface area contributed by atoms with Crippen LogP contribution in [0.15, 0.2) is 54.6 Å². The summed E-state index contributed by atoms with van der Waals surface area (Å²) in [6.45, 7) is 4.52. The molecule has 2 aliphatic rings. The van der Waals surface area contributed by atoms with Gasteiger partial charge in [0.15, 0.2) is 0 Å². The molecule has 2 aliphatic heterocycles. The van der Waals surface area contributed by atoms with Crippen molar-refractivity contribution in [3.63, 3.8) is 0 Å². The summed E-state index contributed by atoms with van der Waals surface area (Å²) in [4.78, 5) is 2.26. The second kappa shape index (κ2) is 3.91. The lowest BCUT2D eigenvalue weighted by atomic mass is 9.76. The van der Waals surface area contributed by atoms with Crippen molar-refractivity contribution in [3.05, 3.63) is 65.7 Å². The van der Waals surface area contributed by atoms with E-state index >= 15 is 0 Å². The zero-order valence-corrected chi connectivity index (χ0v) is 12.6. The molecule has 2 nitrogen and oxygen atoms in total. The highest BCUT2D eigenvalue weighted by molar-refractivity contribution is 5.71. The van der Waals surface area contributed by atoms with E-state index < -0.39 is 5.72 Å². The molecule has 0 N–H and O–H groups in total. The van der Waals surface area contributed by atoms with Crippen molar-refractivity contribution in [3.8, 4) is 5.75 Å². The van der Waals surface area contributed by atoms with Crippen LogP contribution in [0.4, 0.5) is 5.69 Å². The molecule has 1 spiro atoms. The van der Waals surface area contributed by atoms with E-state index in [0.29, 0.717) is 0 Å². The van der Waals surface area contributed by atoms with Gasteiger partial charge in [0.25, 0.3) is 0 Å². The van der Waals surface area contributed by atoms with Crippen molar-refractivity contribution in [2.75, 3.05) is 11.9 Å². The predicted octanol–water partition coefficient (Wildman–Crippen LogP) is 4.22. The topological polar surface area (TPSA) is 12.5 Å². The van der Waals surface area contributed by atoms with Gasteiger partial charge in [0.1, 0.15) is 5.75 Å². The Hall–Kier alpha value is -2.22. The summed E-state index contributed by atoms with van der Waals surface area (Å²) in [5.41, 5.74) is 3.12. The summed E-state index contributed by atoms with van der Waals surface area (Å²) in [6, 6.07) is 16.8. The summed E-state index contributed by atoms with van der Waals surface area (Å²) in [5, 5.41) is 0. The van der Waals surface area contributed by atoms with E-state index in [1.165, 1.54) is 11.3 Å². The lowest BCUT2D eigenvalue weighted by Crippen LogP contribution is -2.58. The van der Waals surface area contributed by atoms with Crippen molar-refractivity contribution in [2.45, 2.75) is 25.0 Å². The highest BCUT2D eigenvalue weighted by Crippen LogP contribution is 2.53. The number of nitrogens with zero attached hydrogens (tertiary/aromatic N) is 1. The molecule has 4 rings (SSSR count). The van der Waals surface area contributed by atoms with Crippen LogP contribution in [0, 0.1) is 0 Å². The van der Waals surface area contributed by atoms with Crippen LogP contribution in [0.5, 0.6) is 5.75 Å². The molecule has 0 saturated heterocycles. The third kappa shape index (κ3) is 1.42. The average Bonchev–Trinajstić information content (AvgIpc) is 2.67. The van der Waals surface area contributed by atoms with Gasteiger partial charge in [-0.15, -0.1) is 0 Å². The first kappa shape index (κ1) is 12.5. The van der Waals surface area contributed by atoms with Crippen molar-refractivity contribution in [1.82, 2.24) is 0 Å². The van der Waals surface area contributed by atoms with Gasteiger partial charge >= 0.3 is 0 Å². The van der Waals surface area contributed by atoms with Crippen LogP contribution in [-0.2, 0) is 5.41 Å². The van der Waals surface area contributed by atoms with E-state index in [4.69, 9.17) is 4.74 Å². The van der Waals surface area contributed by atoms with Crippen molar-refractivity contribution >= 4 is 11.8 Å². The van der Waals surface area contributed by atoms with E-state index in [9.17, 15) is 0 Å². The van der Waals surface area contributed by atoms with Crippen LogP contribution in [0.25, 0.3) is 6.08 Å². The molecule has 2 aromatic carbocycles. The lowest BCUT2D eigenvalue weighted by molar-refractivity contribution is 0.0582. The van der Waals surface area contributed by atoms with Crippen LogP contribution in [0.2, 0.25) is 0 Å². The number of hydrogen-bond acceptors (Lipinski definition) is 2. The molecule has 2 heteroatoms. The zero-order valence-electron chi connectivity index (χ0n) is 12.6. The Bertz CT molecular complexity index is 747. The minimum atomic E-state index is -0.467. The summed E-state index contributed by atoms with van der Waals surface area (Å²) in [6.07, 6.45) is 4.39. The molecule has 0 fully saturated rings. The molecular formula is C19H19NO. The Morgan fingerprint density at radius 3 is 2.48 bits per heavy atom. The molecular weight excluding hydrogens is 258 g/mol. The van der Waals surface area contributed by atoms with Crippen LogP contribution in [0.1, 0.15) is 25.0 Å². The van der Waals surface area contributed by atoms with Gasteiger partial charge in [0, 0.05) is 18.3 Å². The predicted molar refractivity (Wildman–Crippen MR) is 86.7 cm³/mol. The lowest BCUT2D eigenvalue weighted by Gasteiger charge is -2.45. The van der Waals surface area contributed by atoms with Crippen molar-refractivity contribution in [1.29, 1.82) is 0 Å². The van der Waals surface area contributed by atoms with E-state index in [-0.39, 0.29) is 5.41 Å². The van der Waals surface area contributed by atoms with Crippen LogP contribution in [-0.4, -0.2) is 12.8 Å². The average molecular weight is 277 g/mol. The molecule has 21 heavy (non-hydrogen) atoms. The standard InChI is InChI=1S/C19H19NO/c1-18(2)15-9-5-6-10-16(15)20(3)19(18)13-12-14-8-4-7-11-17(14)21-19/h4-13H,1-3H3/t19-/m1/s1. The van der Waals surface area contributed by atoms with Crippen LogP contribution < -0.4 is 9.64 Å². The molecule has 0 bridgehead atoms. The first-order chi connectivity index (χ1) is 10.1. The minimum Gasteiger partial charge on any atom is -0.463 e. The molecule has 106 valence electrons. The SMILES string of the molecule is CN1c2ccccc2C(C)(C)[C@]12C=Cc1ccccc1O2. The van der Waals surface area contributed by atoms with E-state index in [1.54, 1.807) is 0 Å². The molecule has 0 aromatic heterocycles. The van der Waals surface area contributed by atoms with Gasteiger partial charge in [-0.3, -0.25) is 0 Å². The maximum absolute atomic E-state index is 6.53. The molecule has 0 unspecified atom stereocenters. The number of benzene rings is 2.